The Morgan fingerprint density at radius 2 is 1.87 bits per heavy atom. The molecule has 0 aliphatic carbocycles. The van der Waals surface area contributed by atoms with Crippen molar-refractivity contribution in [1.82, 2.24) is 0 Å². The van der Waals surface area contributed by atoms with Gasteiger partial charge in [0.2, 0.25) is 0 Å². The molecular formula is C19H21BrO3. The molecule has 3 nitrogen and oxygen atoms in total. The molecule has 0 heterocycles. The van der Waals surface area contributed by atoms with Gasteiger partial charge in [-0.1, -0.05) is 46.3 Å². The van der Waals surface area contributed by atoms with Gasteiger partial charge in [-0.2, -0.15) is 0 Å². The zero-order valence-corrected chi connectivity index (χ0v) is 15.0. The lowest BCUT2D eigenvalue weighted by Crippen LogP contribution is -2.12. The molecule has 0 bridgehead atoms. The normalized spacial score (nSPS) is 10.6. The Kier molecular flexibility index (Phi) is 6.66. The lowest BCUT2D eigenvalue weighted by molar-refractivity contribution is 0.0494. The van der Waals surface area contributed by atoms with E-state index in [4.69, 9.17) is 9.47 Å². The standard InChI is InChI=1S/C19H21BrO3/c1-14(2)23-18-11-10-16(20)13-17(18)19(21)22-12-6-9-15-7-4-3-5-8-15/h3-5,7-8,10-11,13-14H,6,9,12H2,1-2H3. The molecule has 0 saturated carbocycles. The number of esters is 1. The number of carbonyl (C=O) groups excluding carboxylic acids is 1. The van der Waals surface area contributed by atoms with Crippen LogP contribution in [0.4, 0.5) is 0 Å². The highest BCUT2D eigenvalue weighted by molar-refractivity contribution is 9.10. The van der Waals surface area contributed by atoms with Gasteiger partial charge in [-0.3, -0.25) is 0 Å². The van der Waals surface area contributed by atoms with Gasteiger partial charge in [-0.25, -0.2) is 4.79 Å². The van der Waals surface area contributed by atoms with Crippen LogP contribution in [0.1, 0.15) is 36.2 Å². The molecule has 23 heavy (non-hydrogen) atoms. The first-order valence-electron chi connectivity index (χ1n) is 7.73. The topological polar surface area (TPSA) is 35.5 Å². The van der Waals surface area contributed by atoms with E-state index in [2.05, 4.69) is 28.1 Å². The third-order valence-electron chi connectivity index (χ3n) is 3.21. The van der Waals surface area contributed by atoms with Gasteiger partial charge in [0, 0.05) is 4.47 Å². The van der Waals surface area contributed by atoms with Crippen LogP contribution >= 0.6 is 15.9 Å². The van der Waals surface area contributed by atoms with Crippen molar-refractivity contribution in [3.8, 4) is 5.75 Å². The van der Waals surface area contributed by atoms with Crippen LogP contribution in [0.15, 0.2) is 53.0 Å². The minimum absolute atomic E-state index is 0.000746. The summed E-state index contributed by atoms with van der Waals surface area (Å²) >= 11 is 3.38. The number of carbonyl (C=O) groups is 1. The average molecular weight is 377 g/mol. The van der Waals surface area contributed by atoms with Crippen molar-refractivity contribution in [2.24, 2.45) is 0 Å². The van der Waals surface area contributed by atoms with E-state index in [1.54, 1.807) is 12.1 Å². The molecule has 0 saturated heterocycles. The van der Waals surface area contributed by atoms with E-state index in [0.29, 0.717) is 17.9 Å². The van der Waals surface area contributed by atoms with E-state index in [0.717, 1.165) is 17.3 Å². The van der Waals surface area contributed by atoms with E-state index >= 15 is 0 Å². The second-order valence-electron chi connectivity index (χ2n) is 5.53. The molecule has 0 aromatic heterocycles. The number of aryl methyl sites for hydroxylation is 1. The molecule has 0 amide bonds. The van der Waals surface area contributed by atoms with Gasteiger partial charge in [0.15, 0.2) is 0 Å². The number of hydrogen-bond acceptors (Lipinski definition) is 3. The molecule has 0 atom stereocenters. The maximum absolute atomic E-state index is 12.3. The van der Waals surface area contributed by atoms with Gasteiger partial charge in [0.05, 0.1) is 12.7 Å². The van der Waals surface area contributed by atoms with Gasteiger partial charge >= 0.3 is 5.97 Å². The van der Waals surface area contributed by atoms with Crippen molar-refractivity contribution in [1.29, 1.82) is 0 Å². The Hall–Kier alpha value is -1.81. The van der Waals surface area contributed by atoms with Crippen molar-refractivity contribution in [3.63, 3.8) is 0 Å². The highest BCUT2D eigenvalue weighted by atomic mass is 79.9. The first kappa shape index (κ1) is 17.5. The van der Waals surface area contributed by atoms with Crippen LogP contribution in [0.2, 0.25) is 0 Å². The van der Waals surface area contributed by atoms with Gasteiger partial charge in [0.1, 0.15) is 11.3 Å². The second kappa shape index (κ2) is 8.73. The van der Waals surface area contributed by atoms with E-state index in [1.165, 1.54) is 5.56 Å². The smallest absolute Gasteiger partial charge is 0.341 e. The molecule has 0 fully saturated rings. The van der Waals surface area contributed by atoms with Crippen molar-refractivity contribution < 1.29 is 14.3 Å². The predicted octanol–water partition coefficient (Wildman–Crippen LogP) is 5.03. The number of ether oxygens (including phenoxy) is 2. The largest absolute Gasteiger partial charge is 0.490 e. The number of hydrogen-bond donors (Lipinski definition) is 0. The van der Waals surface area contributed by atoms with Gasteiger partial charge in [-0.15, -0.1) is 0 Å². The Morgan fingerprint density at radius 1 is 1.13 bits per heavy atom. The van der Waals surface area contributed by atoms with E-state index in [9.17, 15) is 4.79 Å². The molecule has 2 aromatic rings. The third-order valence-corrected chi connectivity index (χ3v) is 3.70. The molecule has 122 valence electrons. The highest BCUT2D eigenvalue weighted by Crippen LogP contribution is 2.25. The number of halogens is 1. The summed E-state index contributed by atoms with van der Waals surface area (Å²) in [6, 6.07) is 15.5. The Morgan fingerprint density at radius 3 is 2.57 bits per heavy atom. The third kappa shape index (κ3) is 5.71. The van der Waals surface area contributed by atoms with Gasteiger partial charge in [-0.05, 0) is 50.5 Å². The summed E-state index contributed by atoms with van der Waals surface area (Å²) in [4.78, 5) is 12.3. The summed E-state index contributed by atoms with van der Waals surface area (Å²) < 4.78 is 11.9. The minimum Gasteiger partial charge on any atom is -0.490 e. The molecule has 0 N–H and O–H groups in total. The van der Waals surface area contributed by atoms with Gasteiger partial charge < -0.3 is 9.47 Å². The number of rotatable bonds is 7. The molecule has 0 radical (unpaired) electrons. The Balaban J connectivity index is 1.91. The molecule has 0 aliphatic heterocycles. The van der Waals surface area contributed by atoms with E-state index in [1.807, 2.05) is 38.1 Å². The second-order valence-corrected chi connectivity index (χ2v) is 6.45. The van der Waals surface area contributed by atoms with Gasteiger partial charge in [0.25, 0.3) is 0 Å². The van der Waals surface area contributed by atoms with Crippen LogP contribution < -0.4 is 4.74 Å². The minimum atomic E-state index is -0.352. The Bertz CT molecular complexity index is 638. The van der Waals surface area contributed by atoms with Crippen molar-refractivity contribution in [3.05, 3.63) is 64.1 Å². The fraction of sp³-hybridized carbons (Fsp3) is 0.316. The van der Waals surface area contributed by atoms with Crippen LogP contribution in [-0.2, 0) is 11.2 Å². The first-order chi connectivity index (χ1) is 11.1. The summed E-state index contributed by atoms with van der Waals surface area (Å²) in [6.45, 7) is 4.25. The van der Waals surface area contributed by atoms with Crippen LogP contribution in [0.25, 0.3) is 0 Å². The molecule has 2 rings (SSSR count). The monoisotopic (exact) mass is 376 g/mol. The zero-order valence-electron chi connectivity index (χ0n) is 13.4. The number of benzene rings is 2. The maximum Gasteiger partial charge on any atom is 0.341 e. The first-order valence-corrected chi connectivity index (χ1v) is 8.53. The predicted molar refractivity (Wildman–Crippen MR) is 95.0 cm³/mol. The quantitative estimate of drug-likeness (QED) is 0.502. The lowest BCUT2D eigenvalue weighted by atomic mass is 10.1. The zero-order chi connectivity index (χ0) is 16.7. The fourth-order valence-corrected chi connectivity index (χ4v) is 2.54. The van der Waals surface area contributed by atoms with Crippen molar-refractivity contribution >= 4 is 21.9 Å². The Labute approximate surface area is 145 Å². The average Bonchev–Trinajstić information content (AvgIpc) is 2.53. The van der Waals surface area contributed by atoms with Crippen LogP contribution in [0.5, 0.6) is 5.75 Å². The van der Waals surface area contributed by atoms with Crippen LogP contribution in [0, 0.1) is 0 Å². The molecule has 0 unspecified atom stereocenters. The summed E-state index contributed by atoms with van der Waals surface area (Å²) in [7, 11) is 0. The molecule has 2 aromatic carbocycles. The molecular weight excluding hydrogens is 356 g/mol. The highest BCUT2D eigenvalue weighted by Gasteiger charge is 2.15. The van der Waals surface area contributed by atoms with Crippen molar-refractivity contribution in [2.45, 2.75) is 32.8 Å². The van der Waals surface area contributed by atoms with Crippen LogP contribution in [-0.4, -0.2) is 18.7 Å². The SMILES string of the molecule is CC(C)Oc1ccc(Br)cc1C(=O)OCCCc1ccccc1. The fourth-order valence-electron chi connectivity index (χ4n) is 2.18. The summed E-state index contributed by atoms with van der Waals surface area (Å²) in [6.07, 6.45) is 1.69. The molecule has 4 heteroatoms. The van der Waals surface area contributed by atoms with Crippen LogP contribution in [0.3, 0.4) is 0 Å². The molecule has 0 aliphatic rings. The summed E-state index contributed by atoms with van der Waals surface area (Å²) in [5.41, 5.74) is 1.70. The lowest BCUT2D eigenvalue weighted by Gasteiger charge is -2.14. The van der Waals surface area contributed by atoms with E-state index in [-0.39, 0.29) is 12.1 Å². The van der Waals surface area contributed by atoms with E-state index < -0.39 is 0 Å². The van der Waals surface area contributed by atoms with Crippen molar-refractivity contribution in [2.75, 3.05) is 6.61 Å². The maximum atomic E-state index is 12.3. The molecule has 0 spiro atoms. The summed E-state index contributed by atoms with van der Waals surface area (Å²) in [5, 5.41) is 0. The summed E-state index contributed by atoms with van der Waals surface area (Å²) in [5.74, 6) is 0.200.